The molecule has 1 aromatic rings. The number of halogens is 1. The Balaban J connectivity index is 2.12. The van der Waals surface area contributed by atoms with E-state index in [-0.39, 0.29) is 22.5 Å². The smallest absolute Gasteiger partial charge is 0.332 e. The zero-order valence-electron chi connectivity index (χ0n) is 11.0. The van der Waals surface area contributed by atoms with E-state index in [0.29, 0.717) is 12.5 Å². The number of nitro groups is 1. The van der Waals surface area contributed by atoms with Crippen molar-refractivity contribution < 1.29 is 4.92 Å². The molecule has 7 heteroatoms. The molecule has 1 aromatic heterocycles. The Morgan fingerprint density at radius 2 is 2.21 bits per heavy atom. The van der Waals surface area contributed by atoms with E-state index in [1.807, 2.05) is 0 Å². The van der Waals surface area contributed by atoms with Gasteiger partial charge in [-0.05, 0) is 43.2 Å². The number of aromatic nitrogens is 2. The van der Waals surface area contributed by atoms with E-state index in [9.17, 15) is 10.1 Å². The van der Waals surface area contributed by atoms with Crippen LogP contribution in [0.25, 0.3) is 0 Å². The molecule has 0 spiro atoms. The van der Waals surface area contributed by atoms with Crippen molar-refractivity contribution in [3.8, 4) is 0 Å². The molecule has 1 saturated carbocycles. The van der Waals surface area contributed by atoms with Crippen molar-refractivity contribution in [3.05, 3.63) is 21.1 Å². The van der Waals surface area contributed by atoms with Gasteiger partial charge in [-0.25, -0.2) is 4.98 Å². The predicted octanol–water partition coefficient (Wildman–Crippen LogP) is 3.19. The summed E-state index contributed by atoms with van der Waals surface area (Å²) in [6.07, 6.45) is 3.52. The Morgan fingerprint density at radius 1 is 1.47 bits per heavy atom. The quantitative estimate of drug-likeness (QED) is 0.522. The number of hydrogen-bond donors (Lipinski definition) is 1. The van der Waals surface area contributed by atoms with Crippen LogP contribution in [0.3, 0.4) is 0 Å². The molecule has 0 radical (unpaired) electrons. The lowest BCUT2D eigenvalue weighted by atomic mass is 10.1. The molecular formula is C12H17ClN4O2. The van der Waals surface area contributed by atoms with Crippen LogP contribution in [0, 0.1) is 28.9 Å². The molecule has 0 aromatic carbocycles. The van der Waals surface area contributed by atoms with Gasteiger partial charge in [0.1, 0.15) is 5.69 Å². The SMILES string of the molecule is Cc1nc(Cl)nc(NCC2CCC(C)C2)c1[N+](=O)[O-]. The molecule has 2 unspecified atom stereocenters. The van der Waals surface area contributed by atoms with Crippen molar-refractivity contribution in [2.45, 2.75) is 33.1 Å². The van der Waals surface area contributed by atoms with Crippen molar-refractivity contribution in [2.75, 3.05) is 11.9 Å². The molecule has 0 aliphatic heterocycles. The second-order valence-corrected chi connectivity index (χ2v) is 5.54. The molecular weight excluding hydrogens is 268 g/mol. The lowest BCUT2D eigenvalue weighted by Gasteiger charge is -2.12. The van der Waals surface area contributed by atoms with E-state index in [1.165, 1.54) is 6.42 Å². The number of hydrogen-bond acceptors (Lipinski definition) is 5. The Labute approximate surface area is 116 Å². The van der Waals surface area contributed by atoms with Crippen molar-refractivity contribution in [3.63, 3.8) is 0 Å². The normalized spacial score (nSPS) is 22.5. The molecule has 0 saturated heterocycles. The van der Waals surface area contributed by atoms with Gasteiger partial charge in [-0.15, -0.1) is 0 Å². The predicted molar refractivity (Wildman–Crippen MR) is 73.4 cm³/mol. The van der Waals surface area contributed by atoms with E-state index in [0.717, 1.165) is 18.8 Å². The molecule has 19 heavy (non-hydrogen) atoms. The largest absolute Gasteiger partial charge is 0.364 e. The molecule has 2 rings (SSSR count). The number of aryl methyl sites for hydroxylation is 1. The van der Waals surface area contributed by atoms with Crippen molar-refractivity contribution in [1.29, 1.82) is 0 Å². The highest BCUT2D eigenvalue weighted by Gasteiger charge is 2.25. The molecule has 1 aliphatic rings. The molecule has 0 bridgehead atoms. The minimum atomic E-state index is -0.467. The molecule has 1 fully saturated rings. The maximum Gasteiger partial charge on any atom is 0.332 e. The highest BCUT2D eigenvalue weighted by atomic mass is 35.5. The van der Waals surface area contributed by atoms with Gasteiger partial charge in [0, 0.05) is 6.54 Å². The van der Waals surface area contributed by atoms with Crippen molar-refractivity contribution in [1.82, 2.24) is 9.97 Å². The molecule has 1 N–H and O–H groups in total. The van der Waals surface area contributed by atoms with Crippen LogP contribution in [0.4, 0.5) is 11.5 Å². The summed E-state index contributed by atoms with van der Waals surface area (Å²) in [6.45, 7) is 4.49. The standard InChI is InChI=1S/C12H17ClN4O2/c1-7-3-4-9(5-7)6-14-11-10(17(18)19)8(2)15-12(13)16-11/h7,9H,3-6H2,1-2H3,(H,14,15,16). The third kappa shape index (κ3) is 3.32. The van der Waals surface area contributed by atoms with Crippen LogP contribution in [0.5, 0.6) is 0 Å². The van der Waals surface area contributed by atoms with E-state index in [1.54, 1.807) is 6.92 Å². The zero-order valence-corrected chi connectivity index (χ0v) is 11.8. The van der Waals surface area contributed by atoms with Gasteiger partial charge < -0.3 is 5.32 Å². The third-order valence-corrected chi connectivity index (χ3v) is 3.74. The van der Waals surface area contributed by atoms with E-state index < -0.39 is 4.92 Å². The maximum absolute atomic E-state index is 11.0. The first-order valence-corrected chi connectivity index (χ1v) is 6.77. The summed E-state index contributed by atoms with van der Waals surface area (Å²) in [7, 11) is 0. The van der Waals surface area contributed by atoms with Gasteiger partial charge in [-0.3, -0.25) is 10.1 Å². The Bertz CT molecular complexity index is 495. The van der Waals surface area contributed by atoms with Crippen LogP contribution >= 0.6 is 11.6 Å². The van der Waals surface area contributed by atoms with Crippen LogP contribution in [0.1, 0.15) is 31.9 Å². The molecule has 0 amide bonds. The fraction of sp³-hybridized carbons (Fsp3) is 0.667. The Hall–Kier alpha value is -1.43. The van der Waals surface area contributed by atoms with Crippen LogP contribution in [-0.2, 0) is 0 Å². The van der Waals surface area contributed by atoms with Gasteiger partial charge in [0.15, 0.2) is 0 Å². The zero-order chi connectivity index (χ0) is 14.0. The van der Waals surface area contributed by atoms with Crippen LogP contribution < -0.4 is 5.32 Å². The highest BCUT2D eigenvalue weighted by Crippen LogP contribution is 2.32. The van der Waals surface area contributed by atoms with E-state index >= 15 is 0 Å². The molecule has 1 aliphatic carbocycles. The van der Waals surface area contributed by atoms with Gasteiger partial charge in [-0.1, -0.05) is 13.3 Å². The van der Waals surface area contributed by atoms with Crippen LogP contribution in [-0.4, -0.2) is 21.4 Å². The average molecular weight is 285 g/mol. The van der Waals surface area contributed by atoms with E-state index in [2.05, 4.69) is 22.2 Å². The summed E-state index contributed by atoms with van der Waals surface area (Å²) in [5, 5.41) is 14.1. The molecule has 6 nitrogen and oxygen atoms in total. The first-order valence-electron chi connectivity index (χ1n) is 6.39. The second kappa shape index (κ2) is 5.69. The van der Waals surface area contributed by atoms with Gasteiger partial charge in [0.25, 0.3) is 0 Å². The summed E-state index contributed by atoms with van der Waals surface area (Å²) in [6, 6.07) is 0. The summed E-state index contributed by atoms with van der Waals surface area (Å²) >= 11 is 5.76. The lowest BCUT2D eigenvalue weighted by Crippen LogP contribution is -2.14. The summed E-state index contributed by atoms with van der Waals surface area (Å²) in [4.78, 5) is 18.3. The topological polar surface area (TPSA) is 81.0 Å². The Morgan fingerprint density at radius 3 is 2.79 bits per heavy atom. The minimum absolute atomic E-state index is 0.0328. The number of nitrogens with one attached hydrogen (secondary N) is 1. The van der Waals surface area contributed by atoms with Gasteiger partial charge in [0.2, 0.25) is 11.1 Å². The third-order valence-electron chi connectivity index (χ3n) is 3.58. The number of nitrogens with zero attached hydrogens (tertiary/aromatic N) is 3. The fourth-order valence-electron chi connectivity index (χ4n) is 2.63. The molecule has 104 valence electrons. The first kappa shape index (κ1) is 14.0. The minimum Gasteiger partial charge on any atom is -0.364 e. The summed E-state index contributed by atoms with van der Waals surface area (Å²) < 4.78 is 0. The molecule has 1 heterocycles. The summed E-state index contributed by atoms with van der Waals surface area (Å²) in [5.41, 5.74) is 0.197. The van der Waals surface area contributed by atoms with Gasteiger partial charge in [0.05, 0.1) is 4.92 Å². The summed E-state index contributed by atoms with van der Waals surface area (Å²) in [5.74, 6) is 1.50. The van der Waals surface area contributed by atoms with Gasteiger partial charge >= 0.3 is 5.69 Å². The van der Waals surface area contributed by atoms with Crippen molar-refractivity contribution >= 4 is 23.1 Å². The fourth-order valence-corrected chi connectivity index (χ4v) is 2.84. The molecule has 2 atom stereocenters. The highest BCUT2D eigenvalue weighted by molar-refractivity contribution is 6.28. The van der Waals surface area contributed by atoms with Crippen LogP contribution in [0.2, 0.25) is 5.28 Å². The second-order valence-electron chi connectivity index (χ2n) is 5.20. The monoisotopic (exact) mass is 284 g/mol. The first-order chi connectivity index (χ1) is 8.97. The van der Waals surface area contributed by atoms with Crippen molar-refractivity contribution in [2.24, 2.45) is 11.8 Å². The number of rotatable bonds is 4. The maximum atomic E-state index is 11.0. The van der Waals surface area contributed by atoms with Crippen LogP contribution in [0.15, 0.2) is 0 Å². The lowest BCUT2D eigenvalue weighted by molar-refractivity contribution is -0.385. The average Bonchev–Trinajstić information content (AvgIpc) is 2.71. The van der Waals surface area contributed by atoms with Gasteiger partial charge in [-0.2, -0.15) is 4.98 Å². The number of anilines is 1. The Kier molecular flexibility index (Phi) is 4.19. The van der Waals surface area contributed by atoms with E-state index in [4.69, 9.17) is 11.6 Å².